The van der Waals surface area contributed by atoms with Crippen LogP contribution in [-0.2, 0) is 6.42 Å². The maximum atomic E-state index is 11.0. The van der Waals surface area contributed by atoms with Crippen LogP contribution in [0.4, 0.5) is 5.82 Å². The number of hydrogen-bond acceptors (Lipinski definition) is 3. The number of benzene rings is 1. The Hall–Kier alpha value is -2.36. The molecule has 0 bridgehead atoms. The summed E-state index contributed by atoms with van der Waals surface area (Å²) in [7, 11) is 0. The van der Waals surface area contributed by atoms with Gasteiger partial charge in [0.25, 0.3) is 0 Å². The first kappa shape index (κ1) is 13.1. The van der Waals surface area contributed by atoms with Crippen molar-refractivity contribution in [2.45, 2.75) is 13.3 Å². The third-order valence-corrected chi connectivity index (χ3v) is 2.99. The minimum Gasteiger partial charge on any atom is -0.478 e. The van der Waals surface area contributed by atoms with Crippen LogP contribution in [0.1, 0.15) is 21.5 Å². The SMILES string of the molecule is Cc1ccccc1CCNc1ncccc1C(=O)O. The molecular weight excluding hydrogens is 240 g/mol. The van der Waals surface area contributed by atoms with Crippen LogP contribution in [0.2, 0.25) is 0 Å². The lowest BCUT2D eigenvalue weighted by Gasteiger charge is -2.09. The Kier molecular flexibility index (Phi) is 4.13. The third kappa shape index (κ3) is 3.31. The lowest BCUT2D eigenvalue weighted by Crippen LogP contribution is -2.11. The number of carbonyl (C=O) groups is 1. The van der Waals surface area contributed by atoms with Crippen molar-refractivity contribution in [3.63, 3.8) is 0 Å². The van der Waals surface area contributed by atoms with Gasteiger partial charge in [-0.3, -0.25) is 0 Å². The van der Waals surface area contributed by atoms with Crippen LogP contribution < -0.4 is 5.32 Å². The molecule has 0 fully saturated rings. The van der Waals surface area contributed by atoms with E-state index in [-0.39, 0.29) is 5.56 Å². The van der Waals surface area contributed by atoms with Crippen LogP contribution in [0.3, 0.4) is 0 Å². The first-order valence-electron chi connectivity index (χ1n) is 6.15. The highest BCUT2D eigenvalue weighted by molar-refractivity contribution is 5.92. The molecule has 2 aromatic rings. The number of carboxylic acid groups (broad SMARTS) is 1. The van der Waals surface area contributed by atoms with Gasteiger partial charge in [0, 0.05) is 12.7 Å². The molecule has 1 aromatic heterocycles. The highest BCUT2D eigenvalue weighted by Gasteiger charge is 2.09. The average molecular weight is 256 g/mol. The maximum Gasteiger partial charge on any atom is 0.339 e. The molecule has 0 aliphatic carbocycles. The fourth-order valence-electron chi connectivity index (χ4n) is 1.92. The summed E-state index contributed by atoms with van der Waals surface area (Å²) in [4.78, 5) is 15.1. The molecule has 0 unspecified atom stereocenters. The highest BCUT2D eigenvalue weighted by atomic mass is 16.4. The monoisotopic (exact) mass is 256 g/mol. The molecule has 1 aromatic carbocycles. The molecule has 19 heavy (non-hydrogen) atoms. The van der Waals surface area contributed by atoms with Crippen molar-refractivity contribution >= 4 is 11.8 Å². The van der Waals surface area contributed by atoms with Gasteiger partial charge in [-0.2, -0.15) is 0 Å². The van der Waals surface area contributed by atoms with Gasteiger partial charge in [-0.25, -0.2) is 9.78 Å². The van der Waals surface area contributed by atoms with E-state index in [0.717, 1.165) is 6.42 Å². The number of nitrogens with zero attached hydrogens (tertiary/aromatic N) is 1. The molecule has 0 amide bonds. The molecule has 0 spiro atoms. The van der Waals surface area contributed by atoms with E-state index in [9.17, 15) is 4.79 Å². The number of nitrogens with one attached hydrogen (secondary N) is 1. The lowest BCUT2D eigenvalue weighted by atomic mass is 10.1. The summed E-state index contributed by atoms with van der Waals surface area (Å²) in [6, 6.07) is 11.3. The number of aryl methyl sites for hydroxylation is 1. The van der Waals surface area contributed by atoms with Crippen molar-refractivity contribution in [2.24, 2.45) is 0 Å². The van der Waals surface area contributed by atoms with E-state index in [4.69, 9.17) is 5.11 Å². The Morgan fingerprint density at radius 2 is 2.05 bits per heavy atom. The third-order valence-electron chi connectivity index (χ3n) is 2.99. The van der Waals surface area contributed by atoms with Crippen molar-refractivity contribution in [2.75, 3.05) is 11.9 Å². The summed E-state index contributed by atoms with van der Waals surface area (Å²) in [6.07, 6.45) is 2.42. The van der Waals surface area contributed by atoms with Crippen LogP contribution in [0.5, 0.6) is 0 Å². The molecule has 98 valence electrons. The van der Waals surface area contributed by atoms with E-state index in [2.05, 4.69) is 29.4 Å². The zero-order chi connectivity index (χ0) is 13.7. The summed E-state index contributed by atoms with van der Waals surface area (Å²) in [5.74, 6) is -0.546. The molecular formula is C15H16N2O2. The molecule has 0 radical (unpaired) electrons. The summed E-state index contributed by atoms with van der Waals surface area (Å²) in [5.41, 5.74) is 2.69. The maximum absolute atomic E-state index is 11.0. The van der Waals surface area contributed by atoms with E-state index >= 15 is 0 Å². The van der Waals surface area contributed by atoms with Crippen molar-refractivity contribution in [3.8, 4) is 0 Å². The molecule has 4 heteroatoms. The largest absolute Gasteiger partial charge is 0.478 e. The molecule has 2 N–H and O–H groups in total. The number of aromatic nitrogens is 1. The van der Waals surface area contributed by atoms with E-state index in [0.29, 0.717) is 12.4 Å². The van der Waals surface area contributed by atoms with Gasteiger partial charge in [0.1, 0.15) is 11.4 Å². The van der Waals surface area contributed by atoms with E-state index in [1.807, 2.05) is 12.1 Å². The Morgan fingerprint density at radius 3 is 2.79 bits per heavy atom. The zero-order valence-corrected chi connectivity index (χ0v) is 10.8. The van der Waals surface area contributed by atoms with Gasteiger partial charge in [-0.15, -0.1) is 0 Å². The van der Waals surface area contributed by atoms with Crippen molar-refractivity contribution < 1.29 is 9.90 Å². The van der Waals surface area contributed by atoms with E-state index in [1.54, 1.807) is 18.3 Å². The quantitative estimate of drug-likeness (QED) is 0.863. The molecule has 4 nitrogen and oxygen atoms in total. The molecule has 0 saturated heterocycles. The smallest absolute Gasteiger partial charge is 0.339 e. The van der Waals surface area contributed by atoms with Crippen LogP contribution in [0.15, 0.2) is 42.6 Å². The first-order valence-corrected chi connectivity index (χ1v) is 6.15. The van der Waals surface area contributed by atoms with E-state index in [1.165, 1.54) is 11.1 Å². The van der Waals surface area contributed by atoms with Gasteiger partial charge in [0.2, 0.25) is 0 Å². The zero-order valence-electron chi connectivity index (χ0n) is 10.8. The Morgan fingerprint density at radius 1 is 1.26 bits per heavy atom. The van der Waals surface area contributed by atoms with Gasteiger partial charge in [-0.1, -0.05) is 24.3 Å². The summed E-state index contributed by atoms with van der Waals surface area (Å²) in [6.45, 7) is 2.72. The number of rotatable bonds is 5. The Labute approximate surface area is 112 Å². The second-order valence-corrected chi connectivity index (χ2v) is 4.31. The van der Waals surface area contributed by atoms with Crippen LogP contribution >= 0.6 is 0 Å². The van der Waals surface area contributed by atoms with Gasteiger partial charge in [0.15, 0.2) is 0 Å². The molecule has 1 heterocycles. The second kappa shape index (κ2) is 6.00. The number of carboxylic acids is 1. The molecule has 0 aliphatic rings. The predicted molar refractivity (Wildman–Crippen MR) is 74.6 cm³/mol. The van der Waals surface area contributed by atoms with E-state index < -0.39 is 5.97 Å². The van der Waals surface area contributed by atoms with Gasteiger partial charge < -0.3 is 10.4 Å². The molecule has 0 aliphatic heterocycles. The molecule has 2 rings (SSSR count). The van der Waals surface area contributed by atoms with Gasteiger partial charge in [0.05, 0.1) is 0 Å². The molecule has 0 saturated carbocycles. The van der Waals surface area contributed by atoms with Gasteiger partial charge in [-0.05, 0) is 36.6 Å². The van der Waals surface area contributed by atoms with Crippen LogP contribution in [0, 0.1) is 6.92 Å². The number of hydrogen-bond donors (Lipinski definition) is 2. The minimum absolute atomic E-state index is 0.201. The summed E-state index contributed by atoms with van der Waals surface area (Å²) in [5, 5.41) is 12.1. The fraction of sp³-hybridized carbons (Fsp3) is 0.200. The summed E-state index contributed by atoms with van der Waals surface area (Å²) < 4.78 is 0. The normalized spacial score (nSPS) is 10.2. The number of pyridine rings is 1. The van der Waals surface area contributed by atoms with Crippen LogP contribution in [0.25, 0.3) is 0 Å². The average Bonchev–Trinajstić information content (AvgIpc) is 2.41. The summed E-state index contributed by atoms with van der Waals surface area (Å²) >= 11 is 0. The Bertz CT molecular complexity index is 582. The number of aromatic carboxylic acids is 1. The Balaban J connectivity index is 2.00. The lowest BCUT2D eigenvalue weighted by molar-refractivity contribution is 0.0697. The van der Waals surface area contributed by atoms with Gasteiger partial charge >= 0.3 is 5.97 Å². The first-order chi connectivity index (χ1) is 9.18. The standard InChI is InChI=1S/C15H16N2O2/c1-11-5-2-3-6-12(11)8-10-17-14-13(15(18)19)7-4-9-16-14/h2-7,9H,8,10H2,1H3,(H,16,17)(H,18,19). The van der Waals surface area contributed by atoms with Crippen molar-refractivity contribution in [1.82, 2.24) is 4.98 Å². The van der Waals surface area contributed by atoms with Crippen LogP contribution in [-0.4, -0.2) is 22.6 Å². The van der Waals surface area contributed by atoms with Crippen molar-refractivity contribution in [1.29, 1.82) is 0 Å². The topological polar surface area (TPSA) is 62.2 Å². The molecule has 0 atom stereocenters. The fourth-order valence-corrected chi connectivity index (χ4v) is 1.92. The van der Waals surface area contributed by atoms with Crippen molar-refractivity contribution in [3.05, 3.63) is 59.3 Å². The second-order valence-electron chi connectivity index (χ2n) is 4.31. The number of anilines is 1. The predicted octanol–water partition coefficient (Wildman–Crippen LogP) is 2.74. The minimum atomic E-state index is -0.966. The highest BCUT2D eigenvalue weighted by Crippen LogP contribution is 2.12.